The summed E-state index contributed by atoms with van der Waals surface area (Å²) in [4.78, 5) is 15.9. The third-order valence-corrected chi connectivity index (χ3v) is 6.74. The van der Waals surface area contributed by atoms with Crippen LogP contribution in [0.3, 0.4) is 0 Å². The first kappa shape index (κ1) is 18.8. The number of aromatic nitrogens is 1. The van der Waals surface area contributed by atoms with Gasteiger partial charge in [0, 0.05) is 5.39 Å². The van der Waals surface area contributed by atoms with E-state index in [1.807, 2.05) is 30.3 Å². The Morgan fingerprint density at radius 2 is 1.81 bits per heavy atom. The minimum absolute atomic E-state index is 0.0546. The van der Waals surface area contributed by atoms with E-state index in [4.69, 9.17) is 5.73 Å². The van der Waals surface area contributed by atoms with Crippen molar-refractivity contribution >= 4 is 38.8 Å². The van der Waals surface area contributed by atoms with Gasteiger partial charge in [-0.1, -0.05) is 60.2 Å². The Morgan fingerprint density at radius 1 is 0.969 bits per heavy atom. The third-order valence-electron chi connectivity index (χ3n) is 6.74. The van der Waals surface area contributed by atoms with Crippen molar-refractivity contribution in [3.05, 3.63) is 93.6 Å². The lowest BCUT2D eigenvalue weighted by molar-refractivity contribution is -0.383. The topological polar surface area (TPSA) is 82.0 Å². The number of anilines is 1. The SMILES string of the molecule is Nc1nc2ccccc2c(-c2ccc3ccc4c(c3c2)CCC2=C4C=CCC2)c1[N+](=O)[O-]. The first-order valence-electron chi connectivity index (χ1n) is 10.9. The summed E-state index contributed by atoms with van der Waals surface area (Å²) in [5.41, 5.74) is 13.4. The fraction of sp³-hybridized carbons (Fsp3) is 0.148. The number of hydrogen-bond acceptors (Lipinski definition) is 4. The van der Waals surface area contributed by atoms with E-state index in [0.29, 0.717) is 11.1 Å². The maximum Gasteiger partial charge on any atom is 0.319 e. The maximum atomic E-state index is 12.0. The highest BCUT2D eigenvalue weighted by Crippen LogP contribution is 2.43. The van der Waals surface area contributed by atoms with Crippen LogP contribution in [0.5, 0.6) is 0 Å². The van der Waals surface area contributed by atoms with Crippen LogP contribution in [-0.2, 0) is 6.42 Å². The van der Waals surface area contributed by atoms with Crippen molar-refractivity contribution in [2.45, 2.75) is 25.7 Å². The molecule has 5 nitrogen and oxygen atoms in total. The van der Waals surface area contributed by atoms with Crippen LogP contribution in [0.1, 0.15) is 30.4 Å². The summed E-state index contributed by atoms with van der Waals surface area (Å²) in [7, 11) is 0. The molecule has 2 aliphatic carbocycles. The molecule has 0 unspecified atom stereocenters. The number of pyridine rings is 1. The molecule has 0 aliphatic heterocycles. The van der Waals surface area contributed by atoms with Crippen molar-refractivity contribution in [1.29, 1.82) is 0 Å². The van der Waals surface area contributed by atoms with E-state index < -0.39 is 4.92 Å². The summed E-state index contributed by atoms with van der Waals surface area (Å²) in [5.74, 6) is -0.0546. The van der Waals surface area contributed by atoms with Crippen LogP contribution in [0.25, 0.3) is 38.4 Å². The van der Waals surface area contributed by atoms with Gasteiger partial charge in [0.05, 0.1) is 16.0 Å². The minimum Gasteiger partial charge on any atom is -0.378 e. The average molecular weight is 419 g/mol. The molecule has 0 amide bonds. The number of fused-ring (bicyclic) bond motifs is 5. The number of hydrogen-bond donors (Lipinski definition) is 1. The van der Waals surface area contributed by atoms with E-state index in [1.165, 1.54) is 16.7 Å². The molecule has 0 atom stereocenters. The molecule has 4 aromatic rings. The number of benzene rings is 3. The van der Waals surface area contributed by atoms with Gasteiger partial charge < -0.3 is 5.73 Å². The first-order valence-corrected chi connectivity index (χ1v) is 10.9. The highest BCUT2D eigenvalue weighted by molar-refractivity contribution is 6.04. The molecule has 3 aromatic carbocycles. The van der Waals surface area contributed by atoms with E-state index in [0.717, 1.165) is 47.4 Å². The van der Waals surface area contributed by atoms with Gasteiger partial charge in [-0.3, -0.25) is 10.1 Å². The Balaban J connectivity index is 1.65. The highest BCUT2D eigenvalue weighted by Gasteiger charge is 2.26. The van der Waals surface area contributed by atoms with Gasteiger partial charge in [0.2, 0.25) is 5.82 Å². The van der Waals surface area contributed by atoms with Crippen molar-refractivity contribution in [3.63, 3.8) is 0 Å². The zero-order valence-corrected chi connectivity index (χ0v) is 17.5. The number of nitrogens with two attached hydrogens (primary N) is 1. The molecule has 0 fully saturated rings. The summed E-state index contributed by atoms with van der Waals surface area (Å²) in [6.45, 7) is 0. The van der Waals surface area contributed by atoms with Crippen LogP contribution >= 0.6 is 0 Å². The van der Waals surface area contributed by atoms with Gasteiger partial charge in [0.25, 0.3) is 0 Å². The van der Waals surface area contributed by atoms with Crippen LogP contribution in [0.15, 0.2) is 72.3 Å². The molecule has 1 heterocycles. The van der Waals surface area contributed by atoms with Gasteiger partial charge in [0.15, 0.2) is 0 Å². The van der Waals surface area contributed by atoms with Gasteiger partial charge in [-0.2, -0.15) is 0 Å². The van der Waals surface area contributed by atoms with Gasteiger partial charge in [-0.05, 0) is 70.9 Å². The van der Waals surface area contributed by atoms with E-state index in [-0.39, 0.29) is 11.5 Å². The van der Waals surface area contributed by atoms with Crippen LogP contribution in [0.4, 0.5) is 11.5 Å². The Hall–Kier alpha value is -3.99. The van der Waals surface area contributed by atoms with Crippen LogP contribution in [0.2, 0.25) is 0 Å². The Labute approximate surface area is 185 Å². The summed E-state index contributed by atoms with van der Waals surface area (Å²) in [6, 6.07) is 17.9. The summed E-state index contributed by atoms with van der Waals surface area (Å²) in [6.07, 6.45) is 8.83. The molecule has 0 saturated carbocycles. The zero-order valence-electron chi connectivity index (χ0n) is 17.5. The molecule has 1 aromatic heterocycles. The number of rotatable bonds is 2. The second-order valence-corrected chi connectivity index (χ2v) is 8.48. The van der Waals surface area contributed by atoms with Crippen molar-refractivity contribution in [2.24, 2.45) is 0 Å². The predicted molar refractivity (Wildman–Crippen MR) is 129 cm³/mol. The normalized spacial score (nSPS) is 15.1. The number of aryl methyl sites for hydroxylation is 1. The van der Waals surface area contributed by atoms with Gasteiger partial charge in [-0.25, -0.2) is 4.98 Å². The molecule has 5 heteroatoms. The molecule has 0 spiro atoms. The van der Waals surface area contributed by atoms with Crippen LogP contribution in [0, 0.1) is 10.1 Å². The quantitative estimate of drug-likeness (QED) is 0.293. The summed E-state index contributed by atoms with van der Waals surface area (Å²) in [5, 5.41) is 15.0. The fourth-order valence-electron chi connectivity index (χ4n) is 5.28. The standard InChI is InChI=1S/C27H21N3O2/c28-27-26(30(31)32)25(22-7-3-4-8-24(22)29-27)18-10-9-17-12-13-20-19-6-2-1-5-16(19)11-14-21(20)23(17)15-18/h2-4,6-10,12-13,15H,1,5,11,14H2,(H2,28,29). The highest BCUT2D eigenvalue weighted by atomic mass is 16.6. The van der Waals surface area contributed by atoms with Gasteiger partial charge in [-0.15, -0.1) is 0 Å². The Bertz CT molecular complexity index is 1510. The lowest BCUT2D eigenvalue weighted by Crippen LogP contribution is -2.07. The molecular formula is C27H21N3O2. The van der Waals surface area contributed by atoms with Gasteiger partial charge >= 0.3 is 5.69 Å². The van der Waals surface area contributed by atoms with Crippen LogP contribution in [-0.4, -0.2) is 9.91 Å². The molecular weight excluding hydrogens is 398 g/mol. The second-order valence-electron chi connectivity index (χ2n) is 8.48. The van der Waals surface area contributed by atoms with E-state index >= 15 is 0 Å². The van der Waals surface area contributed by atoms with E-state index in [2.05, 4.69) is 41.4 Å². The lowest BCUT2D eigenvalue weighted by Gasteiger charge is -2.25. The van der Waals surface area contributed by atoms with Gasteiger partial charge in [0.1, 0.15) is 0 Å². The zero-order chi connectivity index (χ0) is 21.8. The second kappa shape index (κ2) is 7.02. The molecule has 32 heavy (non-hydrogen) atoms. The van der Waals surface area contributed by atoms with Crippen molar-refractivity contribution < 1.29 is 4.92 Å². The predicted octanol–water partition coefficient (Wildman–Crippen LogP) is 6.60. The summed E-state index contributed by atoms with van der Waals surface area (Å²) < 4.78 is 0. The first-order chi connectivity index (χ1) is 15.6. The van der Waals surface area contributed by atoms with Crippen molar-refractivity contribution in [3.8, 4) is 11.1 Å². The number of nitrogens with zero attached hydrogens (tertiary/aromatic N) is 2. The van der Waals surface area contributed by atoms with Crippen molar-refractivity contribution in [1.82, 2.24) is 4.98 Å². The maximum absolute atomic E-state index is 12.0. The number of para-hydroxylation sites is 1. The number of nitro groups is 1. The smallest absolute Gasteiger partial charge is 0.319 e. The molecule has 156 valence electrons. The largest absolute Gasteiger partial charge is 0.378 e. The third kappa shape index (κ3) is 2.74. The molecule has 0 saturated heterocycles. The monoisotopic (exact) mass is 419 g/mol. The fourth-order valence-corrected chi connectivity index (χ4v) is 5.28. The number of allylic oxidation sites excluding steroid dienone is 4. The average Bonchev–Trinajstić information content (AvgIpc) is 2.82. The molecule has 2 N–H and O–H groups in total. The Morgan fingerprint density at radius 3 is 2.69 bits per heavy atom. The molecule has 6 rings (SSSR count). The van der Waals surface area contributed by atoms with Crippen LogP contribution < -0.4 is 5.73 Å². The van der Waals surface area contributed by atoms with E-state index in [1.54, 1.807) is 5.57 Å². The summed E-state index contributed by atoms with van der Waals surface area (Å²) >= 11 is 0. The Kier molecular flexibility index (Phi) is 4.12. The minimum atomic E-state index is -0.418. The molecule has 0 bridgehead atoms. The molecule has 2 aliphatic rings. The molecule has 0 radical (unpaired) electrons. The number of nitrogen functional groups attached to an aromatic ring is 1. The van der Waals surface area contributed by atoms with Crippen molar-refractivity contribution in [2.75, 3.05) is 5.73 Å². The van der Waals surface area contributed by atoms with E-state index in [9.17, 15) is 10.1 Å². The lowest BCUT2D eigenvalue weighted by atomic mass is 9.79.